The van der Waals surface area contributed by atoms with E-state index in [-0.39, 0.29) is 17.4 Å². The van der Waals surface area contributed by atoms with Gasteiger partial charge in [-0.05, 0) is 70.6 Å². The lowest BCUT2D eigenvalue weighted by atomic mass is 9.63. The Bertz CT molecular complexity index is 826. The number of hydrogen-bond acceptors (Lipinski definition) is 2. The van der Waals surface area contributed by atoms with Crippen LogP contribution >= 0.6 is 0 Å². The van der Waals surface area contributed by atoms with Crippen LogP contribution in [0.25, 0.3) is 11.6 Å². The molecule has 0 aromatic heterocycles. The SMILES string of the molecule is CC(=Cc1ccc(OCCO)cc1)c1ccc2c(c1)C(C)(C)CCC2(C)C. The van der Waals surface area contributed by atoms with Crippen LogP contribution < -0.4 is 4.74 Å². The molecule has 1 N–H and O–H groups in total. The molecule has 2 nitrogen and oxygen atoms in total. The number of aliphatic hydroxyl groups excluding tert-OH is 1. The topological polar surface area (TPSA) is 29.5 Å². The third-order valence-electron chi connectivity index (χ3n) is 5.93. The van der Waals surface area contributed by atoms with Crippen LogP contribution in [-0.2, 0) is 10.8 Å². The molecule has 0 saturated carbocycles. The molecule has 2 heteroatoms. The van der Waals surface area contributed by atoms with E-state index in [1.54, 1.807) is 0 Å². The lowest BCUT2D eigenvalue weighted by molar-refractivity contribution is 0.201. The average molecular weight is 365 g/mol. The standard InChI is InChI=1S/C25H32O2/c1-18(16-19-6-9-21(10-7-19)27-15-14-26)20-8-11-22-23(17-20)25(4,5)13-12-24(22,2)3/h6-11,16-17,26H,12-15H2,1-5H3. The first-order valence-corrected chi connectivity index (χ1v) is 9.90. The fourth-order valence-electron chi connectivity index (χ4n) is 3.99. The van der Waals surface area contributed by atoms with Gasteiger partial charge in [-0.15, -0.1) is 0 Å². The number of hydrogen-bond donors (Lipinski definition) is 1. The van der Waals surface area contributed by atoms with Crippen molar-refractivity contribution in [3.05, 3.63) is 64.7 Å². The van der Waals surface area contributed by atoms with Crippen molar-refractivity contribution < 1.29 is 9.84 Å². The van der Waals surface area contributed by atoms with Crippen molar-refractivity contribution in [1.29, 1.82) is 0 Å². The summed E-state index contributed by atoms with van der Waals surface area (Å²) in [5.41, 5.74) is 7.19. The van der Waals surface area contributed by atoms with Crippen LogP contribution in [0.15, 0.2) is 42.5 Å². The Kier molecular flexibility index (Phi) is 5.48. The van der Waals surface area contributed by atoms with Gasteiger partial charge in [-0.3, -0.25) is 0 Å². The van der Waals surface area contributed by atoms with Crippen LogP contribution in [0.5, 0.6) is 5.75 Å². The van der Waals surface area contributed by atoms with E-state index >= 15 is 0 Å². The Morgan fingerprint density at radius 2 is 1.59 bits per heavy atom. The van der Waals surface area contributed by atoms with Crippen LogP contribution in [0.1, 0.15) is 69.7 Å². The van der Waals surface area contributed by atoms with Crippen molar-refractivity contribution in [2.75, 3.05) is 13.2 Å². The predicted molar refractivity (Wildman–Crippen MR) is 114 cm³/mol. The van der Waals surface area contributed by atoms with Crippen molar-refractivity contribution in [3.63, 3.8) is 0 Å². The van der Waals surface area contributed by atoms with Gasteiger partial charge in [-0.25, -0.2) is 0 Å². The lowest BCUT2D eigenvalue weighted by Gasteiger charge is -2.42. The molecule has 144 valence electrons. The molecule has 3 rings (SSSR count). The monoisotopic (exact) mass is 364 g/mol. The molecular weight excluding hydrogens is 332 g/mol. The van der Waals surface area contributed by atoms with Gasteiger partial charge in [0.1, 0.15) is 12.4 Å². The summed E-state index contributed by atoms with van der Waals surface area (Å²) in [4.78, 5) is 0. The highest BCUT2D eigenvalue weighted by Crippen LogP contribution is 2.46. The summed E-state index contributed by atoms with van der Waals surface area (Å²) in [6, 6.07) is 15.0. The maximum Gasteiger partial charge on any atom is 0.119 e. The van der Waals surface area contributed by atoms with Crippen LogP contribution in [0.4, 0.5) is 0 Å². The van der Waals surface area contributed by atoms with E-state index in [1.165, 1.54) is 35.1 Å². The minimum atomic E-state index is 0.0340. The van der Waals surface area contributed by atoms with Crippen LogP contribution in [0, 0.1) is 0 Å². The van der Waals surface area contributed by atoms with E-state index < -0.39 is 0 Å². The van der Waals surface area contributed by atoms with Crippen molar-refractivity contribution in [2.45, 2.75) is 58.3 Å². The highest BCUT2D eigenvalue weighted by atomic mass is 16.5. The number of aliphatic hydroxyl groups is 1. The second kappa shape index (κ2) is 7.52. The Hall–Kier alpha value is -2.06. The maximum atomic E-state index is 8.85. The minimum absolute atomic E-state index is 0.0340. The summed E-state index contributed by atoms with van der Waals surface area (Å²) >= 11 is 0. The minimum Gasteiger partial charge on any atom is -0.491 e. The molecule has 2 aromatic carbocycles. The third-order valence-corrected chi connectivity index (χ3v) is 5.93. The lowest BCUT2D eigenvalue weighted by Crippen LogP contribution is -2.33. The quantitative estimate of drug-likeness (QED) is 0.663. The molecule has 0 unspecified atom stereocenters. The summed E-state index contributed by atoms with van der Waals surface area (Å²) in [5, 5.41) is 8.85. The predicted octanol–water partition coefficient (Wildman–Crippen LogP) is 5.97. The molecule has 0 bridgehead atoms. The molecule has 0 atom stereocenters. The van der Waals surface area contributed by atoms with Gasteiger partial charge in [-0.2, -0.15) is 0 Å². The van der Waals surface area contributed by atoms with Gasteiger partial charge in [-0.1, -0.05) is 64.1 Å². The molecule has 0 fully saturated rings. The van der Waals surface area contributed by atoms with E-state index in [0.29, 0.717) is 6.61 Å². The second-order valence-electron chi connectivity index (χ2n) is 9.00. The van der Waals surface area contributed by atoms with Gasteiger partial charge in [0.25, 0.3) is 0 Å². The normalized spacial score (nSPS) is 18.1. The molecular formula is C25H32O2. The van der Waals surface area contributed by atoms with Gasteiger partial charge in [0.15, 0.2) is 0 Å². The highest BCUT2D eigenvalue weighted by Gasteiger charge is 2.36. The van der Waals surface area contributed by atoms with Crippen molar-refractivity contribution in [2.24, 2.45) is 0 Å². The molecule has 1 aliphatic carbocycles. The molecule has 0 aliphatic heterocycles. The van der Waals surface area contributed by atoms with E-state index in [1.807, 2.05) is 12.1 Å². The van der Waals surface area contributed by atoms with E-state index in [9.17, 15) is 0 Å². The Labute approximate surface area is 163 Å². The zero-order chi connectivity index (χ0) is 19.7. The average Bonchev–Trinajstić information content (AvgIpc) is 2.65. The van der Waals surface area contributed by atoms with Crippen LogP contribution in [-0.4, -0.2) is 18.3 Å². The van der Waals surface area contributed by atoms with E-state index in [4.69, 9.17) is 9.84 Å². The van der Waals surface area contributed by atoms with E-state index in [2.05, 4.69) is 71.0 Å². The Morgan fingerprint density at radius 1 is 0.963 bits per heavy atom. The largest absolute Gasteiger partial charge is 0.491 e. The number of allylic oxidation sites excluding steroid dienone is 1. The molecule has 27 heavy (non-hydrogen) atoms. The fourth-order valence-corrected chi connectivity index (χ4v) is 3.99. The van der Waals surface area contributed by atoms with Gasteiger partial charge < -0.3 is 9.84 Å². The first kappa shape index (κ1) is 19.7. The number of ether oxygens (including phenoxy) is 1. The first-order valence-electron chi connectivity index (χ1n) is 9.90. The number of fused-ring (bicyclic) bond motifs is 1. The van der Waals surface area contributed by atoms with Gasteiger partial charge in [0, 0.05) is 0 Å². The molecule has 0 radical (unpaired) electrons. The second-order valence-corrected chi connectivity index (χ2v) is 9.00. The summed E-state index contributed by atoms with van der Waals surface area (Å²) in [5.74, 6) is 0.789. The van der Waals surface area contributed by atoms with Gasteiger partial charge >= 0.3 is 0 Å². The molecule has 2 aromatic rings. The van der Waals surface area contributed by atoms with Crippen LogP contribution in [0.2, 0.25) is 0 Å². The zero-order valence-electron chi connectivity index (χ0n) is 17.3. The van der Waals surface area contributed by atoms with Crippen molar-refractivity contribution in [3.8, 4) is 5.75 Å². The summed E-state index contributed by atoms with van der Waals surface area (Å²) in [6.45, 7) is 12.0. The zero-order valence-corrected chi connectivity index (χ0v) is 17.3. The third kappa shape index (κ3) is 4.27. The molecule has 0 heterocycles. The molecule has 0 saturated heterocycles. The summed E-state index contributed by atoms with van der Waals surface area (Å²) in [6.07, 6.45) is 4.69. The summed E-state index contributed by atoms with van der Waals surface area (Å²) < 4.78 is 5.43. The summed E-state index contributed by atoms with van der Waals surface area (Å²) in [7, 11) is 0. The van der Waals surface area contributed by atoms with Gasteiger partial charge in [0.05, 0.1) is 6.61 Å². The first-order chi connectivity index (χ1) is 12.7. The van der Waals surface area contributed by atoms with Crippen LogP contribution in [0.3, 0.4) is 0 Å². The molecule has 1 aliphatic rings. The highest BCUT2D eigenvalue weighted by molar-refractivity contribution is 5.80. The van der Waals surface area contributed by atoms with Gasteiger partial charge in [0.2, 0.25) is 0 Å². The van der Waals surface area contributed by atoms with Crippen molar-refractivity contribution >= 4 is 11.6 Å². The fraction of sp³-hybridized carbons (Fsp3) is 0.440. The van der Waals surface area contributed by atoms with E-state index in [0.717, 1.165) is 11.3 Å². The smallest absolute Gasteiger partial charge is 0.119 e. The molecule has 0 spiro atoms. The Balaban J connectivity index is 1.89. The molecule has 0 amide bonds. The number of benzene rings is 2. The maximum absolute atomic E-state index is 8.85. The number of rotatable bonds is 5. The Morgan fingerprint density at radius 3 is 2.22 bits per heavy atom. The van der Waals surface area contributed by atoms with Crippen molar-refractivity contribution in [1.82, 2.24) is 0 Å².